The topological polar surface area (TPSA) is 26.0 Å². The predicted molar refractivity (Wildman–Crippen MR) is 90.5 cm³/mol. The molecule has 20 heavy (non-hydrogen) atoms. The van der Waals surface area contributed by atoms with Crippen molar-refractivity contribution in [2.24, 2.45) is 5.73 Å². The summed E-state index contributed by atoms with van der Waals surface area (Å²) >= 11 is 0. The maximum Gasteiger partial charge on any atom is 0.0301 e. The third-order valence-corrected chi connectivity index (χ3v) is 3.80. The number of halogens is 1. The van der Waals surface area contributed by atoms with Gasteiger partial charge in [0.15, 0.2) is 0 Å². The fourth-order valence-corrected chi connectivity index (χ4v) is 2.86. The number of hydrogen-bond acceptors (Lipinski definition) is 1. The summed E-state index contributed by atoms with van der Waals surface area (Å²) in [6, 6.07) is 19.5. The van der Waals surface area contributed by atoms with Crippen LogP contribution in [-0.2, 0) is 0 Å². The molecule has 0 aliphatic rings. The average molecular weight is 286 g/mol. The molecule has 3 aromatic carbocycles. The Balaban J connectivity index is 0.00000147. The van der Waals surface area contributed by atoms with Crippen LogP contribution in [0.1, 0.15) is 31.4 Å². The molecule has 0 heterocycles. The van der Waals surface area contributed by atoms with Gasteiger partial charge in [-0.1, -0.05) is 61.9 Å². The molecule has 0 aliphatic heterocycles. The van der Waals surface area contributed by atoms with Crippen molar-refractivity contribution in [3.05, 3.63) is 60.2 Å². The van der Waals surface area contributed by atoms with Crippen LogP contribution in [0.5, 0.6) is 0 Å². The van der Waals surface area contributed by atoms with Crippen LogP contribution in [0.4, 0.5) is 0 Å². The molecule has 0 unspecified atom stereocenters. The zero-order valence-electron chi connectivity index (χ0n) is 11.7. The van der Waals surface area contributed by atoms with E-state index < -0.39 is 0 Å². The lowest BCUT2D eigenvalue weighted by Crippen LogP contribution is -2.10. The van der Waals surface area contributed by atoms with E-state index in [2.05, 4.69) is 61.5 Å². The zero-order valence-corrected chi connectivity index (χ0v) is 12.5. The summed E-state index contributed by atoms with van der Waals surface area (Å²) in [5, 5.41) is 5.19. The van der Waals surface area contributed by atoms with Gasteiger partial charge in [-0.25, -0.2) is 0 Å². The van der Waals surface area contributed by atoms with Gasteiger partial charge in [0.1, 0.15) is 0 Å². The molecule has 0 spiro atoms. The first-order valence-corrected chi connectivity index (χ1v) is 6.97. The highest BCUT2D eigenvalue weighted by Gasteiger charge is 2.11. The van der Waals surface area contributed by atoms with Crippen molar-refractivity contribution in [3.63, 3.8) is 0 Å². The molecule has 3 rings (SSSR count). The molecule has 0 radical (unpaired) electrons. The lowest BCUT2D eigenvalue weighted by atomic mass is 9.92. The van der Waals surface area contributed by atoms with Crippen molar-refractivity contribution in [2.75, 3.05) is 0 Å². The minimum Gasteiger partial charge on any atom is -0.324 e. The van der Waals surface area contributed by atoms with Gasteiger partial charge in [-0.15, -0.1) is 12.4 Å². The van der Waals surface area contributed by atoms with E-state index in [1.165, 1.54) is 27.1 Å². The zero-order chi connectivity index (χ0) is 13.2. The normalized spacial score (nSPS) is 12.3. The van der Waals surface area contributed by atoms with E-state index in [0.29, 0.717) is 0 Å². The van der Waals surface area contributed by atoms with Gasteiger partial charge in [0.2, 0.25) is 0 Å². The maximum absolute atomic E-state index is 6.36. The van der Waals surface area contributed by atoms with Gasteiger partial charge in [-0.3, -0.25) is 0 Å². The molecule has 0 fully saturated rings. The number of rotatable bonds is 3. The second kappa shape index (κ2) is 6.25. The fraction of sp³-hybridized carbons (Fsp3) is 0.222. The van der Waals surface area contributed by atoms with Crippen molar-refractivity contribution in [2.45, 2.75) is 25.8 Å². The Labute approximate surface area is 126 Å². The molecular formula is C18H20ClN. The van der Waals surface area contributed by atoms with Gasteiger partial charge in [0.05, 0.1) is 0 Å². The van der Waals surface area contributed by atoms with Gasteiger partial charge in [0, 0.05) is 6.04 Å². The van der Waals surface area contributed by atoms with Crippen LogP contribution in [0.25, 0.3) is 21.5 Å². The van der Waals surface area contributed by atoms with Crippen LogP contribution in [0.2, 0.25) is 0 Å². The highest BCUT2D eigenvalue weighted by molar-refractivity contribution is 6.09. The van der Waals surface area contributed by atoms with E-state index in [1.807, 2.05) is 0 Å². The van der Waals surface area contributed by atoms with Crippen LogP contribution in [0.3, 0.4) is 0 Å². The van der Waals surface area contributed by atoms with E-state index in [4.69, 9.17) is 5.73 Å². The summed E-state index contributed by atoms with van der Waals surface area (Å²) in [6.07, 6.45) is 2.14. The Bertz CT molecular complexity index is 721. The fourth-order valence-electron chi connectivity index (χ4n) is 2.86. The first-order valence-electron chi connectivity index (χ1n) is 6.97. The smallest absolute Gasteiger partial charge is 0.0301 e. The summed E-state index contributed by atoms with van der Waals surface area (Å²) in [5.74, 6) is 0. The highest BCUT2D eigenvalue weighted by atomic mass is 35.5. The molecular weight excluding hydrogens is 266 g/mol. The Morgan fingerprint density at radius 1 is 0.900 bits per heavy atom. The van der Waals surface area contributed by atoms with Gasteiger partial charge < -0.3 is 5.73 Å². The second-order valence-corrected chi connectivity index (χ2v) is 5.13. The first kappa shape index (κ1) is 14.8. The summed E-state index contributed by atoms with van der Waals surface area (Å²) < 4.78 is 0. The SMILES string of the molecule is CCC[C@@H](N)c1cc2ccccc2c2ccccc12.Cl. The second-order valence-electron chi connectivity index (χ2n) is 5.13. The first-order chi connectivity index (χ1) is 9.31. The van der Waals surface area contributed by atoms with Crippen LogP contribution >= 0.6 is 12.4 Å². The molecule has 2 N–H and O–H groups in total. The molecule has 0 amide bonds. The van der Waals surface area contributed by atoms with E-state index >= 15 is 0 Å². The number of hydrogen-bond donors (Lipinski definition) is 1. The molecule has 0 saturated carbocycles. The third kappa shape index (κ3) is 2.52. The molecule has 3 aromatic rings. The lowest BCUT2D eigenvalue weighted by molar-refractivity contribution is 0.643. The van der Waals surface area contributed by atoms with Crippen molar-refractivity contribution in [3.8, 4) is 0 Å². The molecule has 0 aromatic heterocycles. The summed E-state index contributed by atoms with van der Waals surface area (Å²) in [4.78, 5) is 0. The van der Waals surface area contributed by atoms with Gasteiger partial charge in [-0.05, 0) is 39.6 Å². The number of nitrogens with two attached hydrogens (primary N) is 1. The highest BCUT2D eigenvalue weighted by Crippen LogP contribution is 2.32. The van der Waals surface area contributed by atoms with E-state index in [1.54, 1.807) is 0 Å². The van der Waals surface area contributed by atoms with Gasteiger partial charge >= 0.3 is 0 Å². The van der Waals surface area contributed by atoms with Crippen molar-refractivity contribution in [1.29, 1.82) is 0 Å². The Kier molecular flexibility index (Phi) is 4.64. The van der Waals surface area contributed by atoms with Crippen LogP contribution in [0.15, 0.2) is 54.6 Å². The predicted octanol–water partition coefficient (Wildman–Crippen LogP) is 5.21. The van der Waals surface area contributed by atoms with E-state index in [-0.39, 0.29) is 18.4 Å². The molecule has 1 atom stereocenters. The monoisotopic (exact) mass is 285 g/mol. The Morgan fingerprint density at radius 3 is 2.20 bits per heavy atom. The molecule has 0 saturated heterocycles. The molecule has 0 aliphatic carbocycles. The van der Waals surface area contributed by atoms with Crippen LogP contribution in [-0.4, -0.2) is 0 Å². The van der Waals surface area contributed by atoms with Crippen molar-refractivity contribution in [1.82, 2.24) is 0 Å². The molecule has 1 nitrogen and oxygen atoms in total. The minimum absolute atomic E-state index is 0. The van der Waals surface area contributed by atoms with Crippen molar-refractivity contribution >= 4 is 34.0 Å². The lowest BCUT2D eigenvalue weighted by Gasteiger charge is -2.16. The summed E-state index contributed by atoms with van der Waals surface area (Å²) in [5.41, 5.74) is 7.64. The third-order valence-electron chi connectivity index (χ3n) is 3.80. The summed E-state index contributed by atoms with van der Waals surface area (Å²) in [7, 11) is 0. The average Bonchev–Trinajstić information content (AvgIpc) is 2.46. The Hall–Kier alpha value is -1.57. The van der Waals surface area contributed by atoms with Crippen LogP contribution < -0.4 is 5.73 Å². The van der Waals surface area contributed by atoms with Crippen LogP contribution in [0, 0.1) is 0 Å². The van der Waals surface area contributed by atoms with E-state index in [9.17, 15) is 0 Å². The molecule has 0 bridgehead atoms. The van der Waals surface area contributed by atoms with Crippen molar-refractivity contribution < 1.29 is 0 Å². The van der Waals surface area contributed by atoms with E-state index in [0.717, 1.165) is 12.8 Å². The standard InChI is InChI=1S/C18H19N.ClH/c1-2-7-18(19)17-12-13-8-3-4-9-14(13)15-10-5-6-11-16(15)17;/h3-6,8-12,18H,2,7,19H2,1H3;1H/t18-;/m1./s1. The summed E-state index contributed by atoms with van der Waals surface area (Å²) in [6.45, 7) is 2.18. The number of fused-ring (bicyclic) bond motifs is 3. The maximum atomic E-state index is 6.36. The molecule has 104 valence electrons. The molecule has 2 heteroatoms. The largest absolute Gasteiger partial charge is 0.324 e. The minimum atomic E-state index is 0. The van der Waals surface area contributed by atoms with Gasteiger partial charge in [-0.2, -0.15) is 0 Å². The number of benzene rings is 3. The quantitative estimate of drug-likeness (QED) is 0.656. The van der Waals surface area contributed by atoms with Gasteiger partial charge in [0.25, 0.3) is 0 Å². The Morgan fingerprint density at radius 2 is 1.50 bits per heavy atom.